The fourth-order valence-corrected chi connectivity index (χ4v) is 3.92. The van der Waals surface area contributed by atoms with E-state index < -0.39 is 6.10 Å². The Morgan fingerprint density at radius 2 is 1.46 bits per heavy atom. The Morgan fingerprint density at radius 1 is 0.923 bits per heavy atom. The lowest BCUT2D eigenvalue weighted by Crippen LogP contribution is -2.43. The van der Waals surface area contributed by atoms with Gasteiger partial charge < -0.3 is 10.4 Å². The quantitative estimate of drug-likeness (QED) is 0.749. The third kappa shape index (κ3) is 6.75. The first-order valence-electron chi connectivity index (χ1n) is 10.2. The summed E-state index contributed by atoms with van der Waals surface area (Å²) < 4.78 is 0. The second-order valence-corrected chi connectivity index (χ2v) is 9.63. The molecular formula is C23H37NO2. The molecule has 146 valence electrons. The maximum absolute atomic E-state index is 12.5. The molecular weight excluding hydrogens is 322 g/mol. The Bertz CT molecular complexity index is 565. The van der Waals surface area contributed by atoms with Gasteiger partial charge in [0.25, 0.3) is 5.91 Å². The zero-order valence-corrected chi connectivity index (χ0v) is 17.1. The van der Waals surface area contributed by atoms with E-state index in [0.29, 0.717) is 16.4 Å². The minimum Gasteiger partial charge on any atom is -0.391 e. The Morgan fingerprint density at radius 3 is 2.04 bits per heavy atom. The number of carbonyl (C=O) groups is 1. The van der Waals surface area contributed by atoms with Crippen LogP contribution in [0.3, 0.4) is 0 Å². The summed E-state index contributed by atoms with van der Waals surface area (Å²) in [4.78, 5) is 12.5. The van der Waals surface area contributed by atoms with Crippen molar-refractivity contribution in [1.29, 1.82) is 0 Å². The normalized spacial score (nSPS) is 27.0. The van der Waals surface area contributed by atoms with Gasteiger partial charge in [-0.1, -0.05) is 58.7 Å². The van der Waals surface area contributed by atoms with Crippen LogP contribution in [0.15, 0.2) is 30.3 Å². The van der Waals surface area contributed by atoms with E-state index in [1.165, 1.54) is 12.8 Å². The van der Waals surface area contributed by atoms with Crippen molar-refractivity contribution in [3.8, 4) is 0 Å². The fraction of sp³-hybridized carbons (Fsp3) is 0.696. The lowest BCUT2D eigenvalue weighted by Gasteiger charge is -2.34. The summed E-state index contributed by atoms with van der Waals surface area (Å²) in [6.07, 6.45) is 7.90. The van der Waals surface area contributed by atoms with E-state index in [9.17, 15) is 9.90 Å². The Hall–Kier alpha value is -1.35. The van der Waals surface area contributed by atoms with Crippen molar-refractivity contribution in [3.63, 3.8) is 0 Å². The lowest BCUT2D eigenvalue weighted by molar-refractivity contribution is 0.0755. The number of nitrogens with one attached hydrogen (secondary N) is 1. The number of benzene rings is 1. The van der Waals surface area contributed by atoms with Crippen molar-refractivity contribution in [2.75, 3.05) is 0 Å². The number of aliphatic hydroxyl groups excluding tert-OH is 1. The average molecular weight is 360 g/mol. The SMILES string of the molecule is CC1(C)CCC[C@@H](O)[C@H](NC(=O)c2ccccc2)CCCC(C)(C)CC1. The van der Waals surface area contributed by atoms with Gasteiger partial charge in [-0.3, -0.25) is 4.79 Å². The number of rotatable bonds is 2. The molecule has 2 rings (SSSR count). The molecule has 0 saturated heterocycles. The first-order valence-corrected chi connectivity index (χ1v) is 10.2. The van der Waals surface area contributed by atoms with Crippen LogP contribution in [0.25, 0.3) is 0 Å². The summed E-state index contributed by atoms with van der Waals surface area (Å²) in [5, 5.41) is 13.8. The van der Waals surface area contributed by atoms with Crippen molar-refractivity contribution in [3.05, 3.63) is 35.9 Å². The van der Waals surface area contributed by atoms with Crippen LogP contribution in [0.1, 0.15) is 89.4 Å². The zero-order chi connectivity index (χ0) is 19.2. The summed E-state index contributed by atoms with van der Waals surface area (Å²) in [5.41, 5.74) is 1.29. The van der Waals surface area contributed by atoms with Gasteiger partial charge in [-0.15, -0.1) is 0 Å². The Labute approximate surface area is 159 Å². The van der Waals surface area contributed by atoms with Gasteiger partial charge in [0.2, 0.25) is 0 Å². The molecule has 0 heterocycles. The van der Waals surface area contributed by atoms with Crippen LogP contribution in [0, 0.1) is 10.8 Å². The molecule has 1 aliphatic rings. The molecule has 1 aromatic rings. The van der Waals surface area contributed by atoms with E-state index in [2.05, 4.69) is 33.0 Å². The molecule has 1 amide bonds. The molecule has 1 fully saturated rings. The summed E-state index contributed by atoms with van der Waals surface area (Å²) >= 11 is 0. The highest BCUT2D eigenvalue weighted by Crippen LogP contribution is 2.38. The number of amides is 1. The smallest absolute Gasteiger partial charge is 0.251 e. The molecule has 26 heavy (non-hydrogen) atoms. The van der Waals surface area contributed by atoms with Crippen LogP contribution in [0.4, 0.5) is 0 Å². The van der Waals surface area contributed by atoms with Crippen LogP contribution in [0.2, 0.25) is 0 Å². The van der Waals surface area contributed by atoms with E-state index in [-0.39, 0.29) is 11.9 Å². The second kappa shape index (κ2) is 9.03. The maximum Gasteiger partial charge on any atom is 0.251 e. The predicted octanol–water partition coefficient (Wildman–Crippen LogP) is 5.33. The topological polar surface area (TPSA) is 49.3 Å². The first-order chi connectivity index (χ1) is 12.2. The molecule has 3 nitrogen and oxygen atoms in total. The van der Waals surface area contributed by atoms with Gasteiger partial charge in [0, 0.05) is 5.56 Å². The molecule has 0 aliphatic heterocycles. The molecule has 2 N–H and O–H groups in total. The Kier molecular flexibility index (Phi) is 7.28. The highest BCUT2D eigenvalue weighted by molar-refractivity contribution is 5.94. The molecule has 0 unspecified atom stereocenters. The summed E-state index contributed by atoms with van der Waals surface area (Å²) in [7, 11) is 0. The Balaban J connectivity index is 2.05. The monoisotopic (exact) mass is 359 g/mol. The molecule has 0 spiro atoms. The van der Waals surface area contributed by atoms with Crippen molar-refractivity contribution in [2.24, 2.45) is 10.8 Å². The first kappa shape index (κ1) is 21.0. The van der Waals surface area contributed by atoms with Crippen LogP contribution in [-0.4, -0.2) is 23.2 Å². The molecule has 1 saturated carbocycles. The minimum atomic E-state index is -0.471. The molecule has 0 radical (unpaired) electrons. The molecule has 0 aromatic heterocycles. The van der Waals surface area contributed by atoms with Crippen molar-refractivity contribution in [1.82, 2.24) is 5.32 Å². The van der Waals surface area contributed by atoms with Crippen LogP contribution in [-0.2, 0) is 0 Å². The molecule has 0 bridgehead atoms. The average Bonchev–Trinajstić information content (AvgIpc) is 2.59. The standard InChI is InChI=1S/C23H37NO2/c1-22(2)14-8-12-19(24-21(26)18-10-6-5-7-11-18)20(25)13-9-15-23(3,4)17-16-22/h5-7,10-11,19-20,25H,8-9,12-17H2,1-4H3,(H,24,26)/t19-,20-/m1/s1. The number of carbonyl (C=O) groups excluding carboxylic acids is 1. The van der Waals surface area contributed by atoms with E-state index in [1.54, 1.807) is 0 Å². The molecule has 1 aromatic carbocycles. The number of aliphatic hydroxyl groups is 1. The van der Waals surface area contributed by atoms with Gasteiger partial charge in [-0.05, 0) is 61.5 Å². The number of hydrogen-bond donors (Lipinski definition) is 2. The van der Waals surface area contributed by atoms with Gasteiger partial charge in [-0.25, -0.2) is 0 Å². The van der Waals surface area contributed by atoms with Gasteiger partial charge in [0.1, 0.15) is 0 Å². The number of hydrogen-bond acceptors (Lipinski definition) is 2. The van der Waals surface area contributed by atoms with E-state index in [1.807, 2.05) is 30.3 Å². The van der Waals surface area contributed by atoms with Crippen LogP contribution >= 0.6 is 0 Å². The van der Waals surface area contributed by atoms with Crippen molar-refractivity contribution in [2.45, 2.75) is 91.2 Å². The molecule has 3 heteroatoms. The van der Waals surface area contributed by atoms with Gasteiger partial charge in [0.05, 0.1) is 12.1 Å². The molecule has 1 aliphatic carbocycles. The van der Waals surface area contributed by atoms with Gasteiger partial charge in [-0.2, -0.15) is 0 Å². The van der Waals surface area contributed by atoms with Crippen molar-refractivity contribution >= 4 is 5.91 Å². The summed E-state index contributed by atoms with van der Waals surface area (Å²) in [6, 6.07) is 9.13. The maximum atomic E-state index is 12.5. The predicted molar refractivity (Wildman–Crippen MR) is 108 cm³/mol. The minimum absolute atomic E-state index is 0.0821. The highest BCUT2D eigenvalue weighted by Gasteiger charge is 2.28. The lowest BCUT2D eigenvalue weighted by atomic mass is 9.73. The highest BCUT2D eigenvalue weighted by atomic mass is 16.3. The third-order valence-electron chi connectivity index (χ3n) is 6.02. The fourth-order valence-electron chi connectivity index (χ4n) is 3.92. The second-order valence-electron chi connectivity index (χ2n) is 9.63. The van der Waals surface area contributed by atoms with Crippen LogP contribution < -0.4 is 5.32 Å². The zero-order valence-electron chi connectivity index (χ0n) is 17.1. The molecule has 2 atom stereocenters. The summed E-state index contributed by atoms with van der Waals surface area (Å²) in [6.45, 7) is 9.39. The van der Waals surface area contributed by atoms with Crippen LogP contribution in [0.5, 0.6) is 0 Å². The van der Waals surface area contributed by atoms with Crippen molar-refractivity contribution < 1.29 is 9.90 Å². The van der Waals surface area contributed by atoms with E-state index in [4.69, 9.17) is 0 Å². The summed E-state index contributed by atoms with van der Waals surface area (Å²) in [5.74, 6) is -0.0821. The van der Waals surface area contributed by atoms with E-state index in [0.717, 1.165) is 38.5 Å². The largest absolute Gasteiger partial charge is 0.391 e. The van der Waals surface area contributed by atoms with Gasteiger partial charge in [0.15, 0.2) is 0 Å². The third-order valence-corrected chi connectivity index (χ3v) is 6.02. The van der Waals surface area contributed by atoms with E-state index >= 15 is 0 Å². The van der Waals surface area contributed by atoms with Gasteiger partial charge >= 0.3 is 0 Å².